The normalized spacial score (nSPS) is 10.6. The van der Waals surface area contributed by atoms with Crippen LogP contribution in [0, 0.1) is 6.92 Å². The zero-order valence-electron chi connectivity index (χ0n) is 11.0. The van der Waals surface area contributed by atoms with Gasteiger partial charge in [0.05, 0.1) is 11.4 Å². The van der Waals surface area contributed by atoms with Crippen molar-refractivity contribution in [3.8, 4) is 0 Å². The van der Waals surface area contributed by atoms with E-state index in [0.29, 0.717) is 0 Å². The molecule has 2 aromatic carbocycles. The summed E-state index contributed by atoms with van der Waals surface area (Å²) in [7, 11) is 0. The Labute approximate surface area is 113 Å². The average molecular weight is 248 g/mol. The Morgan fingerprint density at radius 2 is 1.68 bits per heavy atom. The van der Waals surface area contributed by atoms with Crippen LogP contribution >= 0.6 is 0 Å². The van der Waals surface area contributed by atoms with E-state index in [1.165, 1.54) is 0 Å². The summed E-state index contributed by atoms with van der Waals surface area (Å²) in [5.41, 5.74) is 5.06. The molecule has 2 nitrogen and oxygen atoms in total. The summed E-state index contributed by atoms with van der Waals surface area (Å²) in [6.45, 7) is 9.27. The first kappa shape index (κ1) is 13.0. The lowest BCUT2D eigenvalue weighted by Crippen LogP contribution is -1.81. The first-order valence-electron chi connectivity index (χ1n) is 6.07. The van der Waals surface area contributed by atoms with Crippen molar-refractivity contribution in [2.45, 2.75) is 6.92 Å². The molecule has 94 valence electrons. The maximum atomic E-state index is 4.46. The van der Waals surface area contributed by atoms with E-state index in [1.54, 1.807) is 0 Å². The van der Waals surface area contributed by atoms with Crippen LogP contribution < -0.4 is 0 Å². The van der Waals surface area contributed by atoms with E-state index in [0.717, 1.165) is 28.1 Å². The third-order valence-corrected chi connectivity index (χ3v) is 2.89. The summed E-state index contributed by atoms with van der Waals surface area (Å²) in [4.78, 5) is 8.39. The average Bonchev–Trinajstić information content (AvgIpc) is 2.46. The molecule has 2 rings (SSSR count). The van der Waals surface area contributed by atoms with Gasteiger partial charge in [0.15, 0.2) is 0 Å². The second-order valence-electron chi connectivity index (χ2n) is 4.26. The van der Waals surface area contributed by atoms with Crippen LogP contribution in [0.3, 0.4) is 0 Å². The fourth-order valence-corrected chi connectivity index (χ4v) is 1.76. The molecule has 0 saturated heterocycles. The minimum absolute atomic E-state index is 0.897. The first-order chi connectivity index (χ1) is 9.22. The van der Waals surface area contributed by atoms with E-state index in [4.69, 9.17) is 0 Å². The van der Waals surface area contributed by atoms with E-state index in [2.05, 4.69) is 23.3 Å². The predicted molar refractivity (Wildman–Crippen MR) is 84.2 cm³/mol. The smallest absolute Gasteiger partial charge is 0.0653 e. The van der Waals surface area contributed by atoms with Gasteiger partial charge in [-0.1, -0.05) is 36.9 Å². The monoisotopic (exact) mass is 248 g/mol. The summed E-state index contributed by atoms with van der Waals surface area (Å²) in [6, 6.07) is 13.9. The lowest BCUT2D eigenvalue weighted by molar-refractivity contribution is 1.39. The van der Waals surface area contributed by atoms with Crippen LogP contribution in [0.25, 0.3) is 6.08 Å². The molecule has 0 spiro atoms. The Hall–Kier alpha value is -2.48. The third kappa shape index (κ3) is 3.26. The highest BCUT2D eigenvalue weighted by atomic mass is 14.7. The lowest BCUT2D eigenvalue weighted by atomic mass is 10.1. The fraction of sp³-hybridized carbons (Fsp3) is 0.0588. The molecular weight excluding hydrogens is 232 g/mol. The van der Waals surface area contributed by atoms with Gasteiger partial charge in [0.2, 0.25) is 0 Å². The van der Waals surface area contributed by atoms with Crippen LogP contribution in [-0.4, -0.2) is 12.9 Å². The van der Waals surface area contributed by atoms with Crippen LogP contribution in [-0.2, 0) is 0 Å². The van der Waals surface area contributed by atoms with Crippen molar-refractivity contribution in [2.75, 3.05) is 0 Å². The van der Waals surface area contributed by atoms with E-state index < -0.39 is 0 Å². The van der Waals surface area contributed by atoms with Crippen molar-refractivity contribution >= 4 is 30.4 Å². The highest BCUT2D eigenvalue weighted by molar-refractivity contribution is 5.82. The largest absolute Gasteiger partial charge is 0.264 e. The molecule has 0 aliphatic rings. The van der Waals surface area contributed by atoms with Gasteiger partial charge in [-0.3, -0.25) is 9.98 Å². The fourth-order valence-electron chi connectivity index (χ4n) is 1.76. The number of aliphatic imine (C=N–C) groups is 2. The van der Waals surface area contributed by atoms with Crippen LogP contribution in [0.15, 0.2) is 59.0 Å². The highest BCUT2D eigenvalue weighted by Gasteiger charge is 1.96. The van der Waals surface area contributed by atoms with Crippen LogP contribution in [0.5, 0.6) is 0 Å². The Bertz CT molecular complexity index is 622. The number of hydrogen-bond donors (Lipinski definition) is 0. The Morgan fingerprint density at radius 3 is 2.26 bits per heavy atom. The molecule has 0 aromatic heterocycles. The van der Waals surface area contributed by atoms with Gasteiger partial charge in [0.25, 0.3) is 0 Å². The van der Waals surface area contributed by atoms with Crippen LogP contribution in [0.4, 0.5) is 11.4 Å². The standard InChI is InChI=1S/C17H16N2/c1-4-14-5-7-15(8-6-14)12-19-16-9-10-17(18-3)13(2)11-16/h4-12H,1,3H2,2H3. The van der Waals surface area contributed by atoms with Gasteiger partial charge < -0.3 is 0 Å². The molecule has 0 N–H and O–H groups in total. The van der Waals surface area contributed by atoms with Crippen molar-refractivity contribution in [3.63, 3.8) is 0 Å². The Balaban J connectivity index is 2.19. The Morgan fingerprint density at radius 1 is 1.00 bits per heavy atom. The second-order valence-corrected chi connectivity index (χ2v) is 4.26. The summed E-state index contributed by atoms with van der Waals surface area (Å²) < 4.78 is 0. The molecule has 0 amide bonds. The molecule has 0 atom stereocenters. The van der Waals surface area contributed by atoms with Crippen LogP contribution in [0.2, 0.25) is 0 Å². The summed E-state index contributed by atoms with van der Waals surface area (Å²) in [5.74, 6) is 0. The summed E-state index contributed by atoms with van der Waals surface area (Å²) >= 11 is 0. The van der Waals surface area contributed by atoms with E-state index in [9.17, 15) is 0 Å². The molecule has 0 heterocycles. The molecule has 2 aromatic rings. The highest BCUT2D eigenvalue weighted by Crippen LogP contribution is 2.23. The Kier molecular flexibility index (Phi) is 4.04. The number of hydrogen-bond acceptors (Lipinski definition) is 2. The lowest BCUT2D eigenvalue weighted by Gasteiger charge is -2.00. The van der Waals surface area contributed by atoms with Crippen molar-refractivity contribution in [3.05, 3.63) is 65.7 Å². The van der Waals surface area contributed by atoms with Gasteiger partial charge in [-0.15, -0.1) is 0 Å². The molecular formula is C17H16N2. The molecule has 0 aliphatic carbocycles. The molecule has 0 unspecified atom stereocenters. The molecule has 0 saturated carbocycles. The van der Waals surface area contributed by atoms with Gasteiger partial charge in [-0.05, 0) is 48.5 Å². The van der Waals surface area contributed by atoms with E-state index in [1.807, 2.05) is 61.7 Å². The maximum Gasteiger partial charge on any atom is 0.0653 e. The van der Waals surface area contributed by atoms with Gasteiger partial charge in [-0.2, -0.15) is 0 Å². The van der Waals surface area contributed by atoms with Crippen LogP contribution in [0.1, 0.15) is 16.7 Å². The zero-order chi connectivity index (χ0) is 13.7. The first-order valence-corrected chi connectivity index (χ1v) is 6.07. The zero-order valence-corrected chi connectivity index (χ0v) is 11.0. The van der Waals surface area contributed by atoms with Gasteiger partial charge in [0.1, 0.15) is 0 Å². The number of nitrogens with zero attached hydrogens (tertiary/aromatic N) is 2. The van der Waals surface area contributed by atoms with Gasteiger partial charge in [0, 0.05) is 6.21 Å². The molecule has 0 aliphatic heterocycles. The second kappa shape index (κ2) is 5.91. The van der Waals surface area contributed by atoms with Gasteiger partial charge >= 0.3 is 0 Å². The minimum atomic E-state index is 0.897. The number of benzene rings is 2. The van der Waals surface area contributed by atoms with Crippen molar-refractivity contribution in [1.82, 2.24) is 0 Å². The molecule has 0 bridgehead atoms. The van der Waals surface area contributed by atoms with Crippen molar-refractivity contribution < 1.29 is 0 Å². The maximum absolute atomic E-state index is 4.46. The number of rotatable bonds is 4. The molecule has 0 radical (unpaired) electrons. The molecule has 19 heavy (non-hydrogen) atoms. The van der Waals surface area contributed by atoms with E-state index >= 15 is 0 Å². The SMILES string of the molecule is C=Cc1ccc(C=Nc2ccc(N=C)c(C)c2)cc1. The number of aryl methyl sites for hydroxylation is 1. The van der Waals surface area contributed by atoms with Crippen molar-refractivity contribution in [1.29, 1.82) is 0 Å². The predicted octanol–water partition coefficient (Wildman–Crippen LogP) is 4.72. The summed E-state index contributed by atoms with van der Waals surface area (Å²) in [5, 5.41) is 0. The minimum Gasteiger partial charge on any atom is -0.264 e. The van der Waals surface area contributed by atoms with Crippen molar-refractivity contribution in [2.24, 2.45) is 9.98 Å². The quantitative estimate of drug-likeness (QED) is 0.699. The summed E-state index contributed by atoms with van der Waals surface area (Å²) in [6.07, 6.45) is 3.67. The van der Waals surface area contributed by atoms with Gasteiger partial charge in [-0.25, -0.2) is 0 Å². The third-order valence-electron chi connectivity index (χ3n) is 2.89. The topological polar surface area (TPSA) is 24.7 Å². The molecule has 0 fully saturated rings. The molecule has 2 heteroatoms. The van der Waals surface area contributed by atoms with E-state index in [-0.39, 0.29) is 0 Å².